The molecule has 0 bridgehead atoms. The van der Waals surface area contributed by atoms with Crippen LogP contribution in [0.15, 0.2) is 24.4 Å². The van der Waals surface area contributed by atoms with Crippen molar-refractivity contribution in [3.63, 3.8) is 0 Å². The summed E-state index contributed by atoms with van der Waals surface area (Å²) < 4.78 is 0. The third-order valence-electron chi connectivity index (χ3n) is 2.99. The standard InChI is InChI=1S/C15H19N3O2S/c1-10(2)6-15-17-9-12(21-15)8-16-13-5-4-11(3)7-14(13)18(19)20/h4-5,7,9-10,16H,6,8H2,1-3H3. The first-order valence-electron chi connectivity index (χ1n) is 6.88. The number of hydrogen-bond acceptors (Lipinski definition) is 5. The smallest absolute Gasteiger partial charge is 0.292 e. The van der Waals surface area contributed by atoms with Crippen molar-refractivity contribution in [2.75, 3.05) is 5.32 Å². The van der Waals surface area contributed by atoms with Crippen LogP contribution in [0, 0.1) is 23.0 Å². The maximum absolute atomic E-state index is 11.1. The molecule has 0 unspecified atom stereocenters. The van der Waals surface area contributed by atoms with E-state index in [4.69, 9.17) is 0 Å². The van der Waals surface area contributed by atoms with E-state index in [-0.39, 0.29) is 10.6 Å². The summed E-state index contributed by atoms with van der Waals surface area (Å²) in [5, 5.41) is 15.3. The number of aromatic nitrogens is 1. The first kappa shape index (κ1) is 15.4. The normalized spacial score (nSPS) is 10.9. The van der Waals surface area contributed by atoms with E-state index < -0.39 is 0 Å². The predicted octanol–water partition coefficient (Wildman–Crippen LogP) is 4.17. The molecule has 1 aromatic heterocycles. The van der Waals surface area contributed by atoms with Crippen LogP contribution in [0.3, 0.4) is 0 Å². The van der Waals surface area contributed by atoms with Crippen molar-refractivity contribution in [2.24, 2.45) is 5.92 Å². The molecule has 0 spiro atoms. The lowest BCUT2D eigenvalue weighted by molar-refractivity contribution is -0.384. The van der Waals surface area contributed by atoms with Crippen LogP contribution in [0.4, 0.5) is 11.4 Å². The van der Waals surface area contributed by atoms with Crippen LogP contribution in [0.25, 0.3) is 0 Å². The largest absolute Gasteiger partial charge is 0.375 e. The van der Waals surface area contributed by atoms with Crippen molar-refractivity contribution in [3.05, 3.63) is 50.0 Å². The molecule has 0 atom stereocenters. The number of benzene rings is 1. The van der Waals surface area contributed by atoms with E-state index in [2.05, 4.69) is 24.1 Å². The van der Waals surface area contributed by atoms with Crippen LogP contribution in [0.5, 0.6) is 0 Å². The van der Waals surface area contributed by atoms with E-state index in [9.17, 15) is 10.1 Å². The Bertz CT molecular complexity index is 638. The zero-order valence-corrected chi connectivity index (χ0v) is 13.2. The van der Waals surface area contributed by atoms with Crippen molar-refractivity contribution < 1.29 is 4.92 Å². The fraction of sp³-hybridized carbons (Fsp3) is 0.400. The van der Waals surface area contributed by atoms with Crippen LogP contribution in [0.1, 0.15) is 29.3 Å². The van der Waals surface area contributed by atoms with Gasteiger partial charge in [-0.05, 0) is 24.5 Å². The van der Waals surface area contributed by atoms with Crippen LogP contribution in [-0.2, 0) is 13.0 Å². The second-order valence-electron chi connectivity index (χ2n) is 5.45. The summed E-state index contributed by atoms with van der Waals surface area (Å²) in [6.45, 7) is 6.72. The minimum Gasteiger partial charge on any atom is -0.375 e. The number of hydrogen-bond donors (Lipinski definition) is 1. The molecule has 0 radical (unpaired) electrons. The molecule has 0 saturated carbocycles. The van der Waals surface area contributed by atoms with E-state index in [1.807, 2.05) is 19.2 Å². The van der Waals surface area contributed by atoms with Crippen LogP contribution < -0.4 is 5.32 Å². The summed E-state index contributed by atoms with van der Waals surface area (Å²) in [7, 11) is 0. The minimum absolute atomic E-state index is 0.113. The van der Waals surface area contributed by atoms with Crippen molar-refractivity contribution in [3.8, 4) is 0 Å². The van der Waals surface area contributed by atoms with Gasteiger partial charge in [0.25, 0.3) is 5.69 Å². The van der Waals surface area contributed by atoms with Gasteiger partial charge in [-0.15, -0.1) is 11.3 Å². The Balaban J connectivity index is 2.06. The zero-order valence-electron chi connectivity index (χ0n) is 12.4. The third kappa shape index (κ3) is 4.26. The molecule has 1 aromatic carbocycles. The summed E-state index contributed by atoms with van der Waals surface area (Å²) in [4.78, 5) is 16.2. The molecule has 0 aliphatic rings. The highest BCUT2D eigenvalue weighted by molar-refractivity contribution is 7.11. The van der Waals surface area contributed by atoms with Crippen LogP contribution >= 0.6 is 11.3 Å². The van der Waals surface area contributed by atoms with Crippen LogP contribution in [0.2, 0.25) is 0 Å². The SMILES string of the molecule is Cc1ccc(NCc2cnc(CC(C)C)s2)c([N+](=O)[O-])c1. The topological polar surface area (TPSA) is 68.1 Å². The molecular formula is C15H19N3O2S. The maximum Gasteiger partial charge on any atom is 0.292 e. The molecule has 1 heterocycles. The zero-order chi connectivity index (χ0) is 15.4. The molecule has 112 valence electrons. The monoisotopic (exact) mass is 305 g/mol. The van der Waals surface area contributed by atoms with Gasteiger partial charge in [-0.3, -0.25) is 10.1 Å². The van der Waals surface area contributed by atoms with Crippen molar-refractivity contribution in [1.29, 1.82) is 0 Å². The van der Waals surface area contributed by atoms with Gasteiger partial charge in [-0.25, -0.2) is 4.98 Å². The van der Waals surface area contributed by atoms with Gasteiger partial charge in [0, 0.05) is 23.6 Å². The molecule has 2 rings (SSSR count). The van der Waals surface area contributed by atoms with E-state index in [0.29, 0.717) is 18.2 Å². The maximum atomic E-state index is 11.1. The van der Waals surface area contributed by atoms with E-state index in [1.165, 1.54) is 0 Å². The minimum atomic E-state index is -0.355. The Kier molecular flexibility index (Phi) is 4.90. The van der Waals surface area contributed by atoms with Gasteiger partial charge in [-0.1, -0.05) is 19.9 Å². The second-order valence-corrected chi connectivity index (χ2v) is 6.65. The molecule has 0 aliphatic carbocycles. The fourth-order valence-electron chi connectivity index (χ4n) is 2.00. The summed E-state index contributed by atoms with van der Waals surface area (Å²) >= 11 is 1.65. The highest BCUT2D eigenvalue weighted by Crippen LogP contribution is 2.26. The first-order chi connectivity index (χ1) is 9.95. The number of anilines is 1. The van der Waals surface area contributed by atoms with Gasteiger partial charge < -0.3 is 5.32 Å². The number of nitrogens with one attached hydrogen (secondary N) is 1. The van der Waals surface area contributed by atoms with E-state index >= 15 is 0 Å². The molecule has 0 amide bonds. The molecule has 6 heteroatoms. The van der Waals surface area contributed by atoms with Gasteiger partial charge in [0.05, 0.1) is 16.5 Å². The molecule has 2 aromatic rings. The summed E-state index contributed by atoms with van der Waals surface area (Å²) in [6.07, 6.45) is 2.81. The Labute approximate surface area is 128 Å². The fourth-order valence-corrected chi connectivity index (χ4v) is 3.07. The van der Waals surface area contributed by atoms with Crippen molar-refractivity contribution in [1.82, 2.24) is 4.98 Å². The Morgan fingerprint density at radius 1 is 1.43 bits per heavy atom. The number of nitro groups is 1. The summed E-state index contributed by atoms with van der Waals surface area (Å²) in [5.41, 5.74) is 1.54. The highest BCUT2D eigenvalue weighted by atomic mass is 32.1. The molecule has 21 heavy (non-hydrogen) atoms. The number of nitrogens with zero attached hydrogens (tertiary/aromatic N) is 2. The first-order valence-corrected chi connectivity index (χ1v) is 7.70. The van der Waals surface area contributed by atoms with Crippen LogP contribution in [-0.4, -0.2) is 9.91 Å². The highest BCUT2D eigenvalue weighted by Gasteiger charge is 2.13. The lowest BCUT2D eigenvalue weighted by Gasteiger charge is -2.06. The van der Waals surface area contributed by atoms with Gasteiger partial charge in [0.1, 0.15) is 5.69 Å². The van der Waals surface area contributed by atoms with E-state index in [1.54, 1.807) is 23.5 Å². The van der Waals surface area contributed by atoms with E-state index in [0.717, 1.165) is 21.9 Å². The number of thiazole rings is 1. The van der Waals surface area contributed by atoms with Crippen molar-refractivity contribution >= 4 is 22.7 Å². The van der Waals surface area contributed by atoms with Gasteiger partial charge in [0.2, 0.25) is 0 Å². The van der Waals surface area contributed by atoms with Crippen molar-refractivity contribution in [2.45, 2.75) is 33.7 Å². The quantitative estimate of drug-likeness (QED) is 0.642. The summed E-state index contributed by atoms with van der Waals surface area (Å²) in [5.74, 6) is 0.579. The van der Waals surface area contributed by atoms with Gasteiger partial charge in [0.15, 0.2) is 0 Å². The number of nitro benzene ring substituents is 1. The number of rotatable bonds is 6. The molecule has 0 saturated heterocycles. The number of aryl methyl sites for hydroxylation is 1. The predicted molar refractivity (Wildman–Crippen MR) is 85.8 cm³/mol. The lowest BCUT2D eigenvalue weighted by atomic mass is 10.1. The van der Waals surface area contributed by atoms with Gasteiger partial charge in [-0.2, -0.15) is 0 Å². The average molecular weight is 305 g/mol. The third-order valence-corrected chi connectivity index (χ3v) is 4.01. The average Bonchev–Trinajstić information content (AvgIpc) is 2.83. The molecule has 0 aliphatic heterocycles. The molecule has 1 N–H and O–H groups in total. The Morgan fingerprint density at radius 2 is 2.19 bits per heavy atom. The Hall–Kier alpha value is -1.95. The lowest BCUT2D eigenvalue weighted by Crippen LogP contribution is -2.01. The van der Waals surface area contributed by atoms with Gasteiger partial charge >= 0.3 is 0 Å². The molecule has 5 nitrogen and oxygen atoms in total. The summed E-state index contributed by atoms with van der Waals surface area (Å²) in [6, 6.07) is 5.20. The molecule has 0 fully saturated rings. The Morgan fingerprint density at radius 3 is 2.86 bits per heavy atom. The second kappa shape index (κ2) is 6.67. The molecular weight excluding hydrogens is 286 g/mol.